The summed E-state index contributed by atoms with van der Waals surface area (Å²) in [5.41, 5.74) is 9.71. The molecule has 0 saturated carbocycles. The first kappa shape index (κ1) is 15.6. The minimum atomic E-state index is -0.577. The highest BCUT2D eigenvalue weighted by Gasteiger charge is 2.18. The van der Waals surface area contributed by atoms with Gasteiger partial charge in [0.15, 0.2) is 0 Å². The van der Waals surface area contributed by atoms with Crippen molar-refractivity contribution < 1.29 is 4.79 Å². The van der Waals surface area contributed by atoms with Crippen LogP contribution in [0.1, 0.15) is 33.1 Å². The maximum atomic E-state index is 11.8. The lowest BCUT2D eigenvalue weighted by atomic mass is 10.2. The van der Waals surface area contributed by atoms with Crippen LogP contribution in [0.25, 0.3) is 5.69 Å². The molecule has 0 fully saturated rings. The monoisotopic (exact) mass is 315 g/mol. The summed E-state index contributed by atoms with van der Waals surface area (Å²) in [6, 6.07) is 17.5. The van der Waals surface area contributed by atoms with Gasteiger partial charge in [-0.15, -0.1) is 0 Å². The van der Waals surface area contributed by atoms with Gasteiger partial charge in [0.2, 0.25) is 5.82 Å². The van der Waals surface area contributed by atoms with Gasteiger partial charge < -0.3 is 5.73 Å². The molecule has 1 amide bonds. The number of hydrogen-bond acceptors (Lipinski definition) is 2. The number of nitrogens with zero attached hydrogens (tertiary/aromatic N) is 2. The SMILES string of the molecule is Cc1ccc(-n2c(C(N)=O)nc(C#Cc3ccccc3)c2C)cc1. The fourth-order valence-electron chi connectivity index (χ4n) is 2.45. The van der Waals surface area contributed by atoms with Crippen LogP contribution in [-0.2, 0) is 0 Å². The smallest absolute Gasteiger partial charge is 0.285 e. The summed E-state index contributed by atoms with van der Waals surface area (Å²) < 4.78 is 1.75. The van der Waals surface area contributed by atoms with E-state index in [0.717, 1.165) is 22.5 Å². The normalized spacial score (nSPS) is 10.1. The third-order valence-electron chi connectivity index (χ3n) is 3.72. The zero-order chi connectivity index (χ0) is 17.1. The van der Waals surface area contributed by atoms with E-state index in [1.807, 2.05) is 68.4 Å². The van der Waals surface area contributed by atoms with E-state index >= 15 is 0 Å². The molecule has 2 N–H and O–H groups in total. The molecule has 0 aliphatic rings. The fraction of sp³-hybridized carbons (Fsp3) is 0.100. The van der Waals surface area contributed by atoms with E-state index in [1.165, 1.54) is 0 Å². The van der Waals surface area contributed by atoms with Gasteiger partial charge in [-0.3, -0.25) is 9.36 Å². The summed E-state index contributed by atoms with van der Waals surface area (Å²) in [6.45, 7) is 3.89. The van der Waals surface area contributed by atoms with E-state index in [0.29, 0.717) is 5.69 Å². The molecule has 0 radical (unpaired) electrons. The van der Waals surface area contributed by atoms with Gasteiger partial charge in [-0.2, -0.15) is 0 Å². The summed E-state index contributed by atoms with van der Waals surface area (Å²) >= 11 is 0. The van der Waals surface area contributed by atoms with E-state index in [2.05, 4.69) is 16.8 Å². The number of hydrogen-bond donors (Lipinski definition) is 1. The van der Waals surface area contributed by atoms with Crippen molar-refractivity contribution in [3.05, 3.63) is 82.9 Å². The molecule has 0 aliphatic carbocycles. The number of primary amides is 1. The van der Waals surface area contributed by atoms with E-state index < -0.39 is 5.91 Å². The molecular formula is C20H17N3O. The molecule has 118 valence electrons. The van der Waals surface area contributed by atoms with Crippen molar-refractivity contribution >= 4 is 5.91 Å². The van der Waals surface area contributed by atoms with Crippen molar-refractivity contribution in [1.82, 2.24) is 9.55 Å². The second-order valence-electron chi connectivity index (χ2n) is 5.52. The molecule has 24 heavy (non-hydrogen) atoms. The average Bonchev–Trinajstić information content (AvgIpc) is 2.92. The van der Waals surface area contributed by atoms with Crippen LogP contribution in [-0.4, -0.2) is 15.5 Å². The largest absolute Gasteiger partial charge is 0.363 e. The van der Waals surface area contributed by atoms with Crippen LogP contribution < -0.4 is 5.73 Å². The van der Waals surface area contributed by atoms with E-state index in [1.54, 1.807) is 4.57 Å². The molecule has 1 aromatic heterocycles. The number of rotatable bonds is 2. The van der Waals surface area contributed by atoms with Gasteiger partial charge in [0, 0.05) is 11.3 Å². The second kappa shape index (κ2) is 6.43. The first-order valence-corrected chi connectivity index (χ1v) is 7.59. The highest BCUT2D eigenvalue weighted by Crippen LogP contribution is 2.18. The van der Waals surface area contributed by atoms with Crippen LogP contribution >= 0.6 is 0 Å². The van der Waals surface area contributed by atoms with Gasteiger partial charge in [0.05, 0.1) is 5.69 Å². The molecule has 3 aromatic rings. The highest BCUT2D eigenvalue weighted by molar-refractivity contribution is 5.90. The van der Waals surface area contributed by atoms with E-state index in [-0.39, 0.29) is 5.82 Å². The number of aryl methyl sites for hydroxylation is 1. The Morgan fingerprint density at radius 3 is 2.29 bits per heavy atom. The molecular weight excluding hydrogens is 298 g/mol. The summed E-state index contributed by atoms with van der Waals surface area (Å²) in [4.78, 5) is 16.1. The predicted molar refractivity (Wildman–Crippen MR) is 94.0 cm³/mol. The summed E-state index contributed by atoms with van der Waals surface area (Å²) in [6.07, 6.45) is 0. The van der Waals surface area contributed by atoms with Crippen molar-refractivity contribution in [3.63, 3.8) is 0 Å². The summed E-state index contributed by atoms with van der Waals surface area (Å²) in [5, 5.41) is 0. The maximum absolute atomic E-state index is 11.8. The van der Waals surface area contributed by atoms with Crippen LogP contribution in [0, 0.1) is 25.7 Å². The third-order valence-corrected chi connectivity index (χ3v) is 3.72. The highest BCUT2D eigenvalue weighted by atomic mass is 16.1. The lowest BCUT2D eigenvalue weighted by Crippen LogP contribution is -2.17. The first-order chi connectivity index (χ1) is 11.6. The zero-order valence-electron chi connectivity index (χ0n) is 13.6. The Labute approximate surface area is 141 Å². The molecule has 4 heteroatoms. The number of amides is 1. The maximum Gasteiger partial charge on any atom is 0.285 e. The number of carbonyl (C=O) groups is 1. The predicted octanol–water partition coefficient (Wildman–Crippen LogP) is 2.99. The van der Waals surface area contributed by atoms with Crippen molar-refractivity contribution in [2.24, 2.45) is 5.73 Å². The van der Waals surface area contributed by atoms with Crippen LogP contribution in [0.5, 0.6) is 0 Å². The van der Waals surface area contributed by atoms with Crippen molar-refractivity contribution in [2.45, 2.75) is 13.8 Å². The van der Waals surface area contributed by atoms with E-state index in [4.69, 9.17) is 5.73 Å². The van der Waals surface area contributed by atoms with Crippen molar-refractivity contribution in [3.8, 4) is 17.5 Å². The molecule has 0 bridgehead atoms. The van der Waals surface area contributed by atoms with Gasteiger partial charge in [0.25, 0.3) is 5.91 Å². The lowest BCUT2D eigenvalue weighted by Gasteiger charge is -2.08. The zero-order valence-corrected chi connectivity index (χ0v) is 13.6. The average molecular weight is 315 g/mol. The first-order valence-electron chi connectivity index (χ1n) is 7.59. The van der Waals surface area contributed by atoms with Crippen molar-refractivity contribution in [2.75, 3.05) is 0 Å². The number of benzene rings is 2. The number of aromatic nitrogens is 2. The molecule has 0 spiro atoms. The standard InChI is InChI=1S/C20H17N3O/c1-14-8-11-17(12-9-14)23-15(2)18(22-20(23)19(21)24)13-10-16-6-4-3-5-7-16/h3-9,11-12H,1-2H3,(H2,21,24). The number of carbonyl (C=O) groups excluding carboxylic acids is 1. The molecule has 4 nitrogen and oxygen atoms in total. The Hall–Kier alpha value is -3.32. The number of imidazole rings is 1. The molecule has 0 unspecified atom stereocenters. The third kappa shape index (κ3) is 3.06. The van der Waals surface area contributed by atoms with Crippen LogP contribution in [0.2, 0.25) is 0 Å². The number of nitrogens with two attached hydrogens (primary N) is 1. The minimum absolute atomic E-state index is 0.189. The summed E-state index contributed by atoms with van der Waals surface area (Å²) in [7, 11) is 0. The fourth-order valence-corrected chi connectivity index (χ4v) is 2.45. The van der Waals surface area contributed by atoms with Crippen LogP contribution in [0.3, 0.4) is 0 Å². The Bertz CT molecular complexity index is 942. The second-order valence-corrected chi connectivity index (χ2v) is 5.52. The minimum Gasteiger partial charge on any atom is -0.363 e. The van der Waals surface area contributed by atoms with Crippen molar-refractivity contribution in [1.29, 1.82) is 0 Å². The van der Waals surface area contributed by atoms with Gasteiger partial charge >= 0.3 is 0 Å². The molecule has 0 aliphatic heterocycles. The van der Waals surface area contributed by atoms with Gasteiger partial charge in [-0.1, -0.05) is 41.8 Å². The quantitative estimate of drug-likeness (QED) is 0.739. The molecule has 1 heterocycles. The van der Waals surface area contributed by atoms with Gasteiger partial charge in [-0.05, 0) is 44.0 Å². The molecule has 0 saturated heterocycles. The Kier molecular flexibility index (Phi) is 4.17. The Morgan fingerprint density at radius 2 is 1.67 bits per heavy atom. The molecule has 3 rings (SSSR count). The molecule has 0 atom stereocenters. The van der Waals surface area contributed by atoms with E-state index in [9.17, 15) is 4.79 Å². The summed E-state index contributed by atoms with van der Waals surface area (Å²) in [5.74, 6) is 5.71. The lowest BCUT2D eigenvalue weighted by molar-refractivity contribution is 0.0988. The topological polar surface area (TPSA) is 60.9 Å². The Morgan fingerprint density at radius 1 is 1.00 bits per heavy atom. The van der Waals surface area contributed by atoms with Crippen LogP contribution in [0.4, 0.5) is 0 Å². The van der Waals surface area contributed by atoms with Crippen LogP contribution in [0.15, 0.2) is 54.6 Å². The van der Waals surface area contributed by atoms with Gasteiger partial charge in [-0.25, -0.2) is 4.98 Å². The van der Waals surface area contributed by atoms with Gasteiger partial charge in [0.1, 0.15) is 5.69 Å². The molecule has 2 aromatic carbocycles. The Balaban J connectivity index is 2.10.